The number of nitrogens with zero attached hydrogens (tertiary/aromatic N) is 3. The Labute approximate surface area is 94.2 Å². The molecule has 84 valence electrons. The number of aromatic nitrogens is 1. The number of hydrogen-bond acceptors (Lipinski definition) is 5. The van der Waals surface area contributed by atoms with Crippen LogP contribution in [0.5, 0.6) is 5.88 Å². The van der Waals surface area contributed by atoms with Gasteiger partial charge in [0.2, 0.25) is 5.88 Å². The van der Waals surface area contributed by atoms with Crippen LogP contribution in [0.2, 0.25) is 0 Å². The first-order valence-corrected chi connectivity index (χ1v) is 6.22. The van der Waals surface area contributed by atoms with Crippen LogP contribution in [0.4, 0.5) is 5.13 Å². The predicted octanol–water partition coefficient (Wildman–Crippen LogP) is 1.38. The van der Waals surface area contributed by atoms with Gasteiger partial charge < -0.3 is 10.0 Å². The Balaban J connectivity index is 2.02. The third-order valence-corrected chi connectivity index (χ3v) is 3.81. The van der Waals surface area contributed by atoms with Crippen molar-refractivity contribution in [3.63, 3.8) is 0 Å². The zero-order chi connectivity index (χ0) is 10.8. The molecule has 0 amide bonds. The van der Waals surface area contributed by atoms with Gasteiger partial charge in [0.15, 0.2) is 5.13 Å². The lowest BCUT2D eigenvalue weighted by Gasteiger charge is -2.39. The van der Waals surface area contributed by atoms with Gasteiger partial charge in [0, 0.05) is 25.7 Å². The monoisotopic (exact) mass is 227 g/mol. The first-order valence-electron chi connectivity index (χ1n) is 5.34. The highest BCUT2D eigenvalue weighted by Gasteiger charge is 2.23. The van der Waals surface area contributed by atoms with E-state index in [1.54, 1.807) is 5.38 Å². The summed E-state index contributed by atoms with van der Waals surface area (Å²) in [4.78, 5) is 8.81. The fourth-order valence-electron chi connectivity index (χ4n) is 2.04. The molecule has 1 aromatic heterocycles. The second-order valence-corrected chi connectivity index (χ2v) is 4.75. The molecule has 1 aromatic rings. The third kappa shape index (κ3) is 2.23. The summed E-state index contributed by atoms with van der Waals surface area (Å²) in [7, 11) is 0. The quantitative estimate of drug-likeness (QED) is 0.828. The van der Waals surface area contributed by atoms with E-state index < -0.39 is 0 Å². The Kier molecular flexibility index (Phi) is 3.11. The smallest absolute Gasteiger partial charge is 0.223 e. The summed E-state index contributed by atoms with van der Waals surface area (Å²) < 4.78 is 0. The van der Waals surface area contributed by atoms with Crippen molar-refractivity contribution in [2.75, 3.05) is 31.1 Å². The van der Waals surface area contributed by atoms with Crippen LogP contribution in [-0.4, -0.2) is 47.2 Å². The summed E-state index contributed by atoms with van der Waals surface area (Å²) in [5, 5.41) is 11.8. The molecule has 4 nitrogen and oxygen atoms in total. The Morgan fingerprint density at radius 3 is 2.93 bits per heavy atom. The summed E-state index contributed by atoms with van der Waals surface area (Å²) in [6.45, 7) is 8.63. The van der Waals surface area contributed by atoms with Gasteiger partial charge in [-0.15, -0.1) is 11.3 Å². The average Bonchev–Trinajstić information content (AvgIpc) is 2.65. The Morgan fingerprint density at radius 1 is 1.60 bits per heavy atom. The molecule has 0 aromatic carbocycles. The van der Waals surface area contributed by atoms with E-state index in [4.69, 9.17) is 0 Å². The number of thiazole rings is 1. The van der Waals surface area contributed by atoms with Crippen LogP contribution < -0.4 is 4.90 Å². The van der Waals surface area contributed by atoms with Crippen LogP contribution >= 0.6 is 11.3 Å². The molecule has 1 fully saturated rings. The highest BCUT2D eigenvalue weighted by molar-refractivity contribution is 7.13. The van der Waals surface area contributed by atoms with Crippen LogP contribution in [0.15, 0.2) is 5.38 Å². The maximum Gasteiger partial charge on any atom is 0.223 e. The molecule has 1 aliphatic heterocycles. The summed E-state index contributed by atoms with van der Waals surface area (Å²) in [6.07, 6.45) is 0. The van der Waals surface area contributed by atoms with Crippen molar-refractivity contribution >= 4 is 16.5 Å². The van der Waals surface area contributed by atoms with Gasteiger partial charge in [0.25, 0.3) is 0 Å². The zero-order valence-corrected chi connectivity index (χ0v) is 10.00. The Morgan fingerprint density at radius 2 is 2.40 bits per heavy atom. The number of piperazine rings is 1. The molecule has 15 heavy (non-hydrogen) atoms. The molecule has 0 radical (unpaired) electrons. The topological polar surface area (TPSA) is 39.6 Å². The summed E-state index contributed by atoms with van der Waals surface area (Å²) in [5.41, 5.74) is 0. The minimum absolute atomic E-state index is 0.139. The van der Waals surface area contributed by atoms with Crippen LogP contribution in [0, 0.1) is 0 Å². The van der Waals surface area contributed by atoms with Crippen molar-refractivity contribution in [2.45, 2.75) is 19.9 Å². The SMILES string of the molecule is CCN1CCN(c2nc(O)cs2)CC1C. The zero-order valence-electron chi connectivity index (χ0n) is 9.18. The molecule has 1 atom stereocenters. The average molecular weight is 227 g/mol. The molecule has 1 unspecified atom stereocenters. The van der Waals surface area contributed by atoms with Gasteiger partial charge in [0.1, 0.15) is 0 Å². The highest BCUT2D eigenvalue weighted by atomic mass is 32.1. The van der Waals surface area contributed by atoms with E-state index in [0.29, 0.717) is 6.04 Å². The molecule has 5 heteroatoms. The summed E-state index contributed by atoms with van der Waals surface area (Å²) in [5.74, 6) is 0.139. The summed E-state index contributed by atoms with van der Waals surface area (Å²) in [6, 6.07) is 0.565. The van der Waals surface area contributed by atoms with Gasteiger partial charge in [-0.25, -0.2) is 0 Å². The second-order valence-electron chi connectivity index (χ2n) is 3.91. The number of anilines is 1. The van der Waals surface area contributed by atoms with Crippen LogP contribution in [-0.2, 0) is 0 Å². The Hall–Kier alpha value is -0.810. The largest absolute Gasteiger partial charge is 0.493 e. The first-order chi connectivity index (χ1) is 7.20. The van der Waals surface area contributed by atoms with E-state index in [0.717, 1.165) is 31.3 Å². The van der Waals surface area contributed by atoms with E-state index in [9.17, 15) is 5.11 Å². The third-order valence-electron chi connectivity index (χ3n) is 2.92. The van der Waals surface area contributed by atoms with E-state index in [2.05, 4.69) is 28.6 Å². The Bertz CT molecular complexity index is 328. The van der Waals surface area contributed by atoms with Crippen molar-refractivity contribution in [1.82, 2.24) is 9.88 Å². The molecule has 0 bridgehead atoms. The van der Waals surface area contributed by atoms with Gasteiger partial charge in [-0.3, -0.25) is 4.90 Å². The molecule has 2 heterocycles. The van der Waals surface area contributed by atoms with Crippen molar-refractivity contribution in [3.8, 4) is 5.88 Å². The maximum atomic E-state index is 9.21. The summed E-state index contributed by atoms with van der Waals surface area (Å²) >= 11 is 1.51. The molecular weight excluding hydrogens is 210 g/mol. The fraction of sp³-hybridized carbons (Fsp3) is 0.700. The van der Waals surface area contributed by atoms with Crippen molar-refractivity contribution in [1.29, 1.82) is 0 Å². The second kappa shape index (κ2) is 4.37. The minimum atomic E-state index is 0.139. The van der Waals surface area contributed by atoms with Crippen LogP contribution in [0.3, 0.4) is 0 Å². The van der Waals surface area contributed by atoms with E-state index in [1.165, 1.54) is 11.3 Å². The first kappa shape index (κ1) is 10.7. The molecular formula is C10H17N3OS. The molecule has 1 saturated heterocycles. The number of likely N-dealkylation sites (N-methyl/N-ethyl adjacent to an activating group) is 1. The molecule has 0 aliphatic carbocycles. The lowest BCUT2D eigenvalue weighted by molar-refractivity contribution is 0.199. The van der Waals surface area contributed by atoms with Crippen molar-refractivity contribution in [2.24, 2.45) is 0 Å². The number of rotatable bonds is 2. The standard InChI is InChI=1S/C10H17N3OS/c1-3-12-4-5-13(6-8(12)2)10-11-9(14)7-15-10/h7-8,14H,3-6H2,1-2H3. The van der Waals surface area contributed by atoms with Gasteiger partial charge in [0.05, 0.1) is 5.38 Å². The maximum absolute atomic E-state index is 9.21. The molecule has 1 N–H and O–H groups in total. The predicted molar refractivity (Wildman–Crippen MR) is 62.7 cm³/mol. The van der Waals surface area contributed by atoms with E-state index in [1.807, 2.05) is 0 Å². The fourth-order valence-corrected chi connectivity index (χ4v) is 2.76. The van der Waals surface area contributed by atoms with Gasteiger partial charge in [-0.1, -0.05) is 6.92 Å². The highest BCUT2D eigenvalue weighted by Crippen LogP contribution is 2.25. The molecule has 1 aliphatic rings. The van der Waals surface area contributed by atoms with Crippen LogP contribution in [0.1, 0.15) is 13.8 Å². The minimum Gasteiger partial charge on any atom is -0.493 e. The lowest BCUT2D eigenvalue weighted by atomic mass is 10.2. The van der Waals surface area contributed by atoms with Crippen molar-refractivity contribution < 1.29 is 5.11 Å². The lowest BCUT2D eigenvalue weighted by Crippen LogP contribution is -2.51. The molecule has 0 saturated carbocycles. The molecule has 0 spiro atoms. The van der Waals surface area contributed by atoms with Gasteiger partial charge >= 0.3 is 0 Å². The van der Waals surface area contributed by atoms with Crippen molar-refractivity contribution in [3.05, 3.63) is 5.38 Å². The van der Waals surface area contributed by atoms with Gasteiger partial charge in [-0.2, -0.15) is 4.98 Å². The van der Waals surface area contributed by atoms with Gasteiger partial charge in [-0.05, 0) is 13.5 Å². The van der Waals surface area contributed by atoms with Crippen LogP contribution in [0.25, 0.3) is 0 Å². The van der Waals surface area contributed by atoms with E-state index in [-0.39, 0.29) is 5.88 Å². The normalized spacial score (nSPS) is 23.3. The number of hydrogen-bond donors (Lipinski definition) is 1. The number of aromatic hydroxyl groups is 1. The molecule has 2 rings (SSSR count). The van der Waals surface area contributed by atoms with E-state index >= 15 is 0 Å².